The Bertz CT molecular complexity index is 503. The van der Waals surface area contributed by atoms with Gasteiger partial charge in [0, 0.05) is 5.69 Å². The van der Waals surface area contributed by atoms with Crippen LogP contribution in [0.15, 0.2) is 22.8 Å². The van der Waals surface area contributed by atoms with Crippen LogP contribution in [0.25, 0.3) is 5.82 Å². The Morgan fingerprint density at radius 1 is 1.20 bits per heavy atom. The standard InChI is InChI=1S/C11H12BrN3/c1-7-8(2)14-15(9(7)3)11-6-4-5-10(12)13-11/h4-6H,1-3H3. The summed E-state index contributed by atoms with van der Waals surface area (Å²) in [5.41, 5.74) is 3.41. The Labute approximate surface area is 97.3 Å². The molecule has 2 aromatic rings. The van der Waals surface area contributed by atoms with Crippen LogP contribution in [0.1, 0.15) is 17.0 Å². The molecule has 0 amide bonds. The van der Waals surface area contributed by atoms with Crippen LogP contribution in [0.2, 0.25) is 0 Å². The van der Waals surface area contributed by atoms with E-state index in [0.29, 0.717) is 0 Å². The molecule has 4 heteroatoms. The SMILES string of the molecule is Cc1nn(-c2cccc(Br)n2)c(C)c1C. The average molecular weight is 266 g/mol. The van der Waals surface area contributed by atoms with Gasteiger partial charge in [-0.3, -0.25) is 0 Å². The topological polar surface area (TPSA) is 30.7 Å². The lowest BCUT2D eigenvalue weighted by Crippen LogP contribution is -2.01. The largest absolute Gasteiger partial charge is 0.222 e. The second-order valence-corrected chi connectivity index (χ2v) is 4.34. The zero-order valence-electron chi connectivity index (χ0n) is 8.95. The maximum atomic E-state index is 4.45. The highest BCUT2D eigenvalue weighted by Gasteiger charge is 2.09. The van der Waals surface area contributed by atoms with E-state index in [2.05, 4.69) is 39.9 Å². The van der Waals surface area contributed by atoms with E-state index in [-0.39, 0.29) is 0 Å². The van der Waals surface area contributed by atoms with Crippen LogP contribution < -0.4 is 0 Å². The van der Waals surface area contributed by atoms with Gasteiger partial charge in [0.2, 0.25) is 0 Å². The Morgan fingerprint density at radius 2 is 1.93 bits per heavy atom. The zero-order chi connectivity index (χ0) is 11.0. The smallest absolute Gasteiger partial charge is 0.154 e. The van der Waals surface area contributed by atoms with Crippen molar-refractivity contribution in [1.82, 2.24) is 14.8 Å². The van der Waals surface area contributed by atoms with E-state index in [9.17, 15) is 0 Å². The van der Waals surface area contributed by atoms with Crippen LogP contribution in [0.4, 0.5) is 0 Å². The van der Waals surface area contributed by atoms with Crippen molar-refractivity contribution >= 4 is 15.9 Å². The fourth-order valence-corrected chi connectivity index (χ4v) is 1.79. The van der Waals surface area contributed by atoms with Crippen molar-refractivity contribution in [2.75, 3.05) is 0 Å². The number of hydrogen-bond acceptors (Lipinski definition) is 2. The highest BCUT2D eigenvalue weighted by atomic mass is 79.9. The molecule has 3 nitrogen and oxygen atoms in total. The van der Waals surface area contributed by atoms with Crippen molar-refractivity contribution in [1.29, 1.82) is 0 Å². The van der Waals surface area contributed by atoms with Crippen LogP contribution in [0, 0.1) is 20.8 Å². The molecule has 0 aliphatic rings. The Hall–Kier alpha value is -1.16. The maximum Gasteiger partial charge on any atom is 0.154 e. The number of aryl methyl sites for hydroxylation is 1. The van der Waals surface area contributed by atoms with Gasteiger partial charge in [0.05, 0.1) is 5.69 Å². The Balaban J connectivity index is 2.59. The van der Waals surface area contributed by atoms with E-state index in [1.54, 1.807) is 0 Å². The van der Waals surface area contributed by atoms with Crippen molar-refractivity contribution < 1.29 is 0 Å². The first-order valence-electron chi connectivity index (χ1n) is 4.75. The molecule has 2 aromatic heterocycles. The molecule has 0 bridgehead atoms. The third kappa shape index (κ3) is 1.81. The summed E-state index contributed by atoms with van der Waals surface area (Å²) in [5, 5.41) is 4.45. The van der Waals surface area contributed by atoms with E-state index in [1.807, 2.05) is 29.8 Å². The van der Waals surface area contributed by atoms with Gasteiger partial charge in [-0.25, -0.2) is 9.67 Å². The van der Waals surface area contributed by atoms with Crippen LogP contribution in [-0.2, 0) is 0 Å². The fourth-order valence-electron chi connectivity index (χ4n) is 1.46. The molecule has 0 atom stereocenters. The zero-order valence-corrected chi connectivity index (χ0v) is 10.5. The summed E-state index contributed by atoms with van der Waals surface area (Å²) < 4.78 is 2.69. The van der Waals surface area contributed by atoms with Crippen LogP contribution >= 0.6 is 15.9 Å². The molecule has 0 N–H and O–H groups in total. The van der Waals surface area contributed by atoms with Crippen molar-refractivity contribution in [3.63, 3.8) is 0 Å². The molecule has 0 aliphatic carbocycles. The van der Waals surface area contributed by atoms with Crippen LogP contribution in [0.3, 0.4) is 0 Å². The minimum absolute atomic E-state index is 0.824. The molecule has 0 fully saturated rings. The van der Waals surface area contributed by atoms with E-state index in [1.165, 1.54) is 5.56 Å². The van der Waals surface area contributed by atoms with Gasteiger partial charge in [-0.1, -0.05) is 6.07 Å². The third-order valence-corrected chi connectivity index (χ3v) is 3.01. The Kier molecular flexibility index (Phi) is 2.61. The first-order valence-corrected chi connectivity index (χ1v) is 5.54. The summed E-state index contributed by atoms with van der Waals surface area (Å²) in [6, 6.07) is 5.81. The molecular weight excluding hydrogens is 254 g/mol. The minimum atomic E-state index is 0.824. The predicted molar refractivity (Wildman–Crippen MR) is 63.3 cm³/mol. The number of nitrogens with zero attached hydrogens (tertiary/aromatic N) is 3. The Morgan fingerprint density at radius 3 is 2.47 bits per heavy atom. The maximum absolute atomic E-state index is 4.45. The first-order chi connectivity index (χ1) is 7.09. The highest BCUT2D eigenvalue weighted by molar-refractivity contribution is 9.10. The average Bonchev–Trinajstić information content (AvgIpc) is 2.46. The van der Waals surface area contributed by atoms with Crippen molar-refractivity contribution in [2.45, 2.75) is 20.8 Å². The first kappa shape index (κ1) is 10.4. The lowest BCUT2D eigenvalue weighted by Gasteiger charge is -2.03. The molecule has 0 radical (unpaired) electrons. The summed E-state index contributed by atoms with van der Waals surface area (Å²) >= 11 is 3.36. The molecule has 0 aliphatic heterocycles. The lowest BCUT2D eigenvalue weighted by atomic mass is 10.2. The monoisotopic (exact) mass is 265 g/mol. The summed E-state index contributed by atoms with van der Waals surface area (Å²) in [7, 11) is 0. The lowest BCUT2D eigenvalue weighted by molar-refractivity contribution is 0.803. The van der Waals surface area contributed by atoms with Gasteiger partial charge in [-0.15, -0.1) is 0 Å². The van der Waals surface area contributed by atoms with Gasteiger partial charge in [0.1, 0.15) is 4.60 Å². The molecule has 0 spiro atoms. The molecule has 78 valence electrons. The second kappa shape index (κ2) is 3.77. The summed E-state index contributed by atoms with van der Waals surface area (Å²) in [6.45, 7) is 6.14. The molecule has 2 rings (SSSR count). The number of hydrogen-bond donors (Lipinski definition) is 0. The van der Waals surface area contributed by atoms with Crippen LogP contribution in [0.5, 0.6) is 0 Å². The second-order valence-electron chi connectivity index (χ2n) is 3.53. The normalized spacial score (nSPS) is 10.7. The minimum Gasteiger partial charge on any atom is -0.222 e. The van der Waals surface area contributed by atoms with Gasteiger partial charge >= 0.3 is 0 Å². The van der Waals surface area contributed by atoms with Crippen LogP contribution in [-0.4, -0.2) is 14.8 Å². The summed E-state index contributed by atoms with van der Waals surface area (Å²) in [5.74, 6) is 0.845. The summed E-state index contributed by atoms with van der Waals surface area (Å²) in [4.78, 5) is 4.38. The number of aromatic nitrogens is 3. The van der Waals surface area contributed by atoms with Crippen molar-refractivity contribution in [3.8, 4) is 5.82 Å². The molecule has 2 heterocycles. The van der Waals surface area contributed by atoms with E-state index in [0.717, 1.165) is 21.8 Å². The summed E-state index contributed by atoms with van der Waals surface area (Å²) in [6.07, 6.45) is 0. The highest BCUT2D eigenvalue weighted by Crippen LogP contribution is 2.16. The predicted octanol–water partition coefficient (Wildman–Crippen LogP) is 2.96. The van der Waals surface area contributed by atoms with Gasteiger partial charge in [0.25, 0.3) is 0 Å². The fraction of sp³-hybridized carbons (Fsp3) is 0.273. The number of pyridine rings is 1. The number of halogens is 1. The molecule has 0 saturated heterocycles. The molecular formula is C11H12BrN3. The molecule has 0 saturated carbocycles. The van der Waals surface area contributed by atoms with E-state index in [4.69, 9.17) is 0 Å². The van der Waals surface area contributed by atoms with Gasteiger partial charge in [0.15, 0.2) is 5.82 Å². The molecule has 15 heavy (non-hydrogen) atoms. The van der Waals surface area contributed by atoms with E-state index >= 15 is 0 Å². The quantitative estimate of drug-likeness (QED) is 0.743. The molecule has 0 aromatic carbocycles. The van der Waals surface area contributed by atoms with Crippen molar-refractivity contribution in [2.24, 2.45) is 0 Å². The van der Waals surface area contributed by atoms with Gasteiger partial charge in [-0.05, 0) is 54.4 Å². The van der Waals surface area contributed by atoms with Crippen molar-refractivity contribution in [3.05, 3.63) is 39.8 Å². The number of rotatable bonds is 1. The molecule has 0 unspecified atom stereocenters. The van der Waals surface area contributed by atoms with Gasteiger partial charge in [-0.2, -0.15) is 5.10 Å². The van der Waals surface area contributed by atoms with E-state index < -0.39 is 0 Å². The third-order valence-electron chi connectivity index (χ3n) is 2.57. The van der Waals surface area contributed by atoms with Gasteiger partial charge < -0.3 is 0 Å².